The van der Waals surface area contributed by atoms with Crippen LogP contribution in [0.25, 0.3) is 0 Å². The van der Waals surface area contributed by atoms with Gasteiger partial charge >= 0.3 is 6.03 Å². The molecule has 6 heteroatoms. The molecule has 0 spiro atoms. The third kappa shape index (κ3) is 3.96. The Morgan fingerprint density at radius 1 is 1.26 bits per heavy atom. The number of carbonyl (C=O) groups excluding carboxylic acids is 1. The Balaban J connectivity index is 3.01. The third-order valence-electron chi connectivity index (χ3n) is 2.60. The van der Waals surface area contributed by atoms with Crippen molar-refractivity contribution in [3.8, 4) is 0 Å². The van der Waals surface area contributed by atoms with E-state index in [-0.39, 0.29) is 4.90 Å². The van der Waals surface area contributed by atoms with Gasteiger partial charge in [-0.25, -0.2) is 13.2 Å². The van der Waals surface area contributed by atoms with E-state index in [0.29, 0.717) is 12.2 Å². The summed E-state index contributed by atoms with van der Waals surface area (Å²) in [6.45, 7) is 5.72. The van der Waals surface area contributed by atoms with Crippen LogP contribution in [0.2, 0.25) is 0 Å². The van der Waals surface area contributed by atoms with Gasteiger partial charge in [0.25, 0.3) is 0 Å². The molecule has 0 aliphatic heterocycles. The Kier molecular flexibility index (Phi) is 5.35. The third-order valence-corrected chi connectivity index (χ3v) is 4.81. The number of hydrogen-bond donors (Lipinski definition) is 2. The topological polar surface area (TPSA) is 75.3 Å². The summed E-state index contributed by atoms with van der Waals surface area (Å²) in [6.07, 6.45) is 0.819. The first-order valence-electron chi connectivity index (χ1n) is 6.27. The highest BCUT2D eigenvalue weighted by atomic mass is 32.2. The largest absolute Gasteiger partial charge is 0.338 e. The van der Waals surface area contributed by atoms with E-state index in [9.17, 15) is 13.2 Å². The van der Waals surface area contributed by atoms with Crippen LogP contribution in [0.1, 0.15) is 27.2 Å². The SMILES string of the molecule is CCCNC(=O)Nc1ccccc1S(=O)(=O)C(C)C. The van der Waals surface area contributed by atoms with E-state index in [1.165, 1.54) is 6.07 Å². The van der Waals surface area contributed by atoms with Crippen LogP contribution in [0.5, 0.6) is 0 Å². The minimum absolute atomic E-state index is 0.150. The highest BCUT2D eigenvalue weighted by Gasteiger charge is 2.22. The van der Waals surface area contributed by atoms with Crippen molar-refractivity contribution in [1.82, 2.24) is 5.32 Å². The number of benzene rings is 1. The van der Waals surface area contributed by atoms with Crippen molar-refractivity contribution in [2.24, 2.45) is 0 Å². The van der Waals surface area contributed by atoms with Crippen molar-refractivity contribution in [3.63, 3.8) is 0 Å². The van der Waals surface area contributed by atoms with Crippen molar-refractivity contribution >= 4 is 21.6 Å². The van der Waals surface area contributed by atoms with E-state index in [2.05, 4.69) is 10.6 Å². The van der Waals surface area contributed by atoms with Crippen molar-refractivity contribution in [2.75, 3.05) is 11.9 Å². The van der Waals surface area contributed by atoms with Crippen LogP contribution < -0.4 is 10.6 Å². The fourth-order valence-electron chi connectivity index (χ4n) is 1.48. The van der Waals surface area contributed by atoms with Gasteiger partial charge in [0.05, 0.1) is 15.8 Å². The average molecular weight is 284 g/mol. The fourth-order valence-corrected chi connectivity index (χ4v) is 2.68. The summed E-state index contributed by atoms with van der Waals surface area (Å²) in [7, 11) is -3.42. The Labute approximate surface area is 114 Å². The fraction of sp³-hybridized carbons (Fsp3) is 0.462. The first-order chi connectivity index (χ1) is 8.89. The molecule has 2 amide bonds. The molecule has 0 unspecified atom stereocenters. The summed E-state index contributed by atoms with van der Waals surface area (Å²) in [6, 6.07) is 6.03. The standard InChI is InChI=1S/C13H20N2O3S/c1-4-9-14-13(16)15-11-7-5-6-8-12(11)19(17,18)10(2)3/h5-8,10H,4,9H2,1-3H3,(H2,14,15,16). The van der Waals surface area contributed by atoms with Crippen LogP contribution in [-0.2, 0) is 9.84 Å². The van der Waals surface area contributed by atoms with Crippen LogP contribution in [0.3, 0.4) is 0 Å². The second kappa shape index (κ2) is 6.56. The quantitative estimate of drug-likeness (QED) is 0.871. The normalized spacial score (nSPS) is 11.4. The van der Waals surface area contributed by atoms with Gasteiger partial charge in [0.1, 0.15) is 0 Å². The summed E-state index contributed by atoms with van der Waals surface area (Å²) in [5, 5.41) is 4.69. The van der Waals surface area contributed by atoms with Gasteiger partial charge in [-0.2, -0.15) is 0 Å². The summed E-state index contributed by atoms with van der Waals surface area (Å²) in [5.74, 6) is 0. The maximum Gasteiger partial charge on any atom is 0.319 e. The zero-order valence-electron chi connectivity index (χ0n) is 11.4. The Bertz CT molecular complexity index is 539. The highest BCUT2D eigenvalue weighted by Crippen LogP contribution is 2.24. The van der Waals surface area contributed by atoms with Gasteiger partial charge in [-0.3, -0.25) is 0 Å². The summed E-state index contributed by atoms with van der Waals surface area (Å²) in [5.41, 5.74) is 0.310. The molecule has 0 heterocycles. The lowest BCUT2D eigenvalue weighted by Crippen LogP contribution is -2.30. The molecule has 1 aromatic carbocycles. The van der Waals surface area contributed by atoms with Gasteiger partial charge < -0.3 is 10.6 Å². The summed E-state index contributed by atoms with van der Waals surface area (Å²) in [4.78, 5) is 11.8. The second-order valence-corrected chi connectivity index (χ2v) is 6.94. The van der Waals surface area contributed by atoms with Crippen LogP contribution in [-0.4, -0.2) is 26.2 Å². The second-order valence-electron chi connectivity index (χ2n) is 4.47. The minimum Gasteiger partial charge on any atom is -0.338 e. The number of anilines is 1. The molecule has 0 saturated carbocycles. The van der Waals surface area contributed by atoms with Gasteiger partial charge in [-0.1, -0.05) is 19.1 Å². The molecule has 0 saturated heterocycles. The molecule has 19 heavy (non-hydrogen) atoms. The Morgan fingerprint density at radius 2 is 1.89 bits per heavy atom. The zero-order chi connectivity index (χ0) is 14.5. The summed E-state index contributed by atoms with van der Waals surface area (Å²) >= 11 is 0. The van der Waals surface area contributed by atoms with Crippen molar-refractivity contribution in [2.45, 2.75) is 37.3 Å². The van der Waals surface area contributed by atoms with Crippen molar-refractivity contribution in [3.05, 3.63) is 24.3 Å². The molecule has 0 bridgehead atoms. The number of para-hydroxylation sites is 1. The van der Waals surface area contributed by atoms with Gasteiger partial charge in [0.2, 0.25) is 0 Å². The van der Waals surface area contributed by atoms with Gasteiger partial charge in [-0.05, 0) is 32.4 Å². The molecule has 106 valence electrons. The lowest BCUT2D eigenvalue weighted by atomic mass is 10.3. The molecule has 1 aromatic rings. The van der Waals surface area contributed by atoms with E-state index in [4.69, 9.17) is 0 Å². The van der Waals surface area contributed by atoms with E-state index in [1.807, 2.05) is 6.92 Å². The minimum atomic E-state index is -3.42. The van der Waals surface area contributed by atoms with E-state index < -0.39 is 21.1 Å². The van der Waals surface area contributed by atoms with Crippen LogP contribution in [0.15, 0.2) is 29.2 Å². The number of amides is 2. The predicted molar refractivity (Wildman–Crippen MR) is 76.1 cm³/mol. The first kappa shape index (κ1) is 15.5. The molecular weight excluding hydrogens is 264 g/mol. The smallest absolute Gasteiger partial charge is 0.319 e. The number of nitrogens with one attached hydrogen (secondary N) is 2. The molecule has 0 aromatic heterocycles. The highest BCUT2D eigenvalue weighted by molar-refractivity contribution is 7.92. The number of carbonyl (C=O) groups is 1. The Hall–Kier alpha value is -1.56. The maximum atomic E-state index is 12.2. The molecule has 0 aliphatic rings. The van der Waals surface area contributed by atoms with Crippen LogP contribution in [0.4, 0.5) is 10.5 Å². The average Bonchev–Trinajstić information content (AvgIpc) is 2.36. The lowest BCUT2D eigenvalue weighted by Gasteiger charge is -2.14. The molecule has 0 atom stereocenters. The van der Waals surface area contributed by atoms with Crippen molar-refractivity contribution in [1.29, 1.82) is 0 Å². The maximum absolute atomic E-state index is 12.2. The molecule has 0 aliphatic carbocycles. The number of rotatable bonds is 5. The molecule has 5 nitrogen and oxygen atoms in total. The van der Waals surface area contributed by atoms with Crippen molar-refractivity contribution < 1.29 is 13.2 Å². The first-order valence-corrected chi connectivity index (χ1v) is 7.82. The Morgan fingerprint density at radius 3 is 2.47 bits per heavy atom. The molecular formula is C13H20N2O3S. The van der Waals surface area contributed by atoms with Gasteiger partial charge in [0.15, 0.2) is 9.84 Å². The van der Waals surface area contributed by atoms with E-state index >= 15 is 0 Å². The molecule has 2 N–H and O–H groups in total. The molecule has 0 radical (unpaired) electrons. The predicted octanol–water partition coefficient (Wildman–Crippen LogP) is 2.40. The van der Waals surface area contributed by atoms with Gasteiger partial charge in [-0.15, -0.1) is 0 Å². The molecule has 1 rings (SSSR count). The van der Waals surface area contributed by atoms with Gasteiger partial charge in [0, 0.05) is 6.54 Å². The van der Waals surface area contributed by atoms with Crippen LogP contribution >= 0.6 is 0 Å². The number of urea groups is 1. The monoisotopic (exact) mass is 284 g/mol. The van der Waals surface area contributed by atoms with Crippen LogP contribution in [0, 0.1) is 0 Å². The number of sulfone groups is 1. The lowest BCUT2D eigenvalue weighted by molar-refractivity contribution is 0.252. The number of hydrogen-bond acceptors (Lipinski definition) is 3. The van der Waals surface area contributed by atoms with E-state index in [0.717, 1.165) is 6.42 Å². The zero-order valence-corrected chi connectivity index (χ0v) is 12.3. The molecule has 0 fully saturated rings. The summed E-state index contributed by atoms with van der Waals surface area (Å²) < 4.78 is 24.4. The van der Waals surface area contributed by atoms with E-state index in [1.54, 1.807) is 32.0 Å².